The van der Waals surface area contributed by atoms with Gasteiger partial charge in [-0.25, -0.2) is 0 Å². The number of rotatable bonds is 26. The van der Waals surface area contributed by atoms with Gasteiger partial charge in [0, 0.05) is 65.5 Å². The van der Waals surface area contributed by atoms with E-state index in [1.54, 1.807) is 22.7 Å². The molecule has 396 valence electrons. The van der Waals surface area contributed by atoms with E-state index in [2.05, 4.69) is 87.1 Å². The molecule has 12 rings (SSSR count). The maximum absolute atomic E-state index is 5.23. The molecule has 0 spiro atoms. The van der Waals surface area contributed by atoms with E-state index in [-0.39, 0.29) is 0 Å². The Morgan fingerprint density at radius 3 is 1.24 bits per heavy atom. The first-order valence-corrected chi connectivity index (χ1v) is 34.6. The number of unbranched alkanes of at least 4 members (excludes halogenated alkanes) is 8. The molecule has 16 heteroatoms. The van der Waals surface area contributed by atoms with Crippen molar-refractivity contribution in [3.8, 4) is 42.0 Å². The lowest BCUT2D eigenvalue weighted by Crippen LogP contribution is -2.02. The molecule has 76 heavy (non-hydrogen) atoms. The van der Waals surface area contributed by atoms with Crippen molar-refractivity contribution in [3.05, 3.63) is 58.5 Å². The number of aryl methyl sites for hydroxylation is 2. The Kier molecular flexibility index (Phi) is 16.2. The molecule has 12 aromatic rings. The zero-order chi connectivity index (χ0) is 51.9. The molecule has 12 heterocycles. The Morgan fingerprint density at radius 1 is 0.408 bits per heavy atom. The number of hydrogen-bond donors (Lipinski definition) is 0. The van der Waals surface area contributed by atoms with E-state index in [0.29, 0.717) is 0 Å². The molecule has 0 amide bonds. The van der Waals surface area contributed by atoms with Crippen LogP contribution in [0, 0.1) is 11.8 Å². The number of thiophene rings is 6. The third kappa shape index (κ3) is 10.1. The number of pyridine rings is 2. The molecule has 0 radical (unpaired) electrons. The monoisotopic (exact) mass is 1160 g/mol. The fourth-order valence-corrected chi connectivity index (χ4v) is 20.2. The minimum absolute atomic E-state index is 0.755. The molecule has 2 atom stereocenters. The lowest BCUT2D eigenvalue weighted by molar-refractivity contribution is 0.452. The summed E-state index contributed by atoms with van der Waals surface area (Å²) in [4.78, 5) is 18.2. The van der Waals surface area contributed by atoms with Crippen molar-refractivity contribution in [1.29, 1.82) is 0 Å². The Labute approximate surface area is 478 Å². The van der Waals surface area contributed by atoms with Crippen LogP contribution in [-0.4, -0.2) is 36.6 Å². The molecule has 2 unspecified atom stereocenters. The van der Waals surface area contributed by atoms with Gasteiger partial charge in [-0.2, -0.15) is 17.5 Å². The van der Waals surface area contributed by atoms with Gasteiger partial charge in [0.25, 0.3) is 0 Å². The Balaban J connectivity index is 0.832. The minimum atomic E-state index is 0.755. The van der Waals surface area contributed by atoms with Gasteiger partial charge in [-0.15, -0.1) is 68.0 Å². The largest absolute Gasteiger partial charge is 0.339 e. The summed E-state index contributed by atoms with van der Waals surface area (Å²) in [6.07, 6.45) is 26.8. The molecule has 0 aromatic carbocycles. The molecular weight excluding hydrogens is 1090 g/mol. The van der Waals surface area contributed by atoms with Gasteiger partial charge in [0.1, 0.15) is 33.5 Å². The smallest absolute Gasteiger partial charge is 0.132 e. The topological polar surface area (TPSA) is 87.2 Å². The maximum Gasteiger partial charge on any atom is 0.132 e. The summed E-state index contributed by atoms with van der Waals surface area (Å²) < 4.78 is 33.1. The molecule has 0 aliphatic carbocycles. The van der Waals surface area contributed by atoms with Crippen LogP contribution >= 0.6 is 91.5 Å². The highest BCUT2D eigenvalue weighted by molar-refractivity contribution is 7.31. The van der Waals surface area contributed by atoms with Gasteiger partial charge in [0.2, 0.25) is 0 Å². The second-order valence-corrected chi connectivity index (χ2v) is 28.7. The van der Waals surface area contributed by atoms with Crippen LogP contribution in [-0.2, 0) is 25.9 Å². The van der Waals surface area contributed by atoms with Gasteiger partial charge < -0.3 is 9.13 Å². The first-order valence-electron chi connectivity index (χ1n) is 28.3. The van der Waals surface area contributed by atoms with E-state index in [9.17, 15) is 0 Å². The lowest BCUT2D eigenvalue weighted by Gasteiger charge is -2.12. The summed E-state index contributed by atoms with van der Waals surface area (Å²) in [6.45, 7) is 16.1. The molecule has 12 aromatic heterocycles. The van der Waals surface area contributed by atoms with Crippen LogP contribution < -0.4 is 0 Å². The van der Waals surface area contributed by atoms with E-state index in [4.69, 9.17) is 27.5 Å². The molecule has 0 saturated heterocycles. The van der Waals surface area contributed by atoms with Crippen LogP contribution in [0.2, 0.25) is 0 Å². The highest BCUT2D eigenvalue weighted by Crippen LogP contribution is 2.50. The van der Waals surface area contributed by atoms with Crippen LogP contribution in [0.4, 0.5) is 0 Å². The first-order chi connectivity index (χ1) is 37.4. The molecule has 8 nitrogen and oxygen atoms in total. The third-order valence-corrected chi connectivity index (χ3v) is 24.2. The Bertz CT molecular complexity index is 3650. The number of aromatic nitrogens is 8. The quantitative estimate of drug-likeness (QED) is 0.0502. The van der Waals surface area contributed by atoms with Gasteiger partial charge in [-0.05, 0) is 73.9 Å². The van der Waals surface area contributed by atoms with Crippen molar-refractivity contribution in [1.82, 2.24) is 36.6 Å². The summed E-state index contributed by atoms with van der Waals surface area (Å²) in [7, 11) is 0. The zero-order valence-electron chi connectivity index (χ0n) is 44.8. The van der Waals surface area contributed by atoms with Gasteiger partial charge in [0.05, 0.1) is 74.1 Å². The van der Waals surface area contributed by atoms with Gasteiger partial charge in [-0.3, -0.25) is 9.97 Å². The summed E-state index contributed by atoms with van der Waals surface area (Å²) in [5, 5.41) is 0. The molecule has 0 aliphatic rings. The van der Waals surface area contributed by atoms with Crippen LogP contribution in [0.15, 0.2) is 48.8 Å². The van der Waals surface area contributed by atoms with E-state index in [0.717, 1.165) is 69.5 Å². The van der Waals surface area contributed by atoms with Crippen molar-refractivity contribution >= 4 is 164 Å². The second-order valence-electron chi connectivity index (χ2n) is 21.1. The second kappa shape index (κ2) is 23.4. The maximum atomic E-state index is 5.23. The Hall–Kier alpha value is -4.00. The number of fused-ring (bicyclic) bond motifs is 9. The minimum Gasteiger partial charge on any atom is -0.339 e. The van der Waals surface area contributed by atoms with E-state index in [1.807, 2.05) is 57.7 Å². The Morgan fingerprint density at radius 2 is 0.816 bits per heavy atom. The van der Waals surface area contributed by atoms with E-state index < -0.39 is 0 Å². The molecule has 0 aliphatic heterocycles. The van der Waals surface area contributed by atoms with Crippen LogP contribution in [0.5, 0.6) is 0 Å². The normalized spacial score (nSPS) is 13.3. The highest BCUT2D eigenvalue weighted by atomic mass is 32.1. The summed E-state index contributed by atoms with van der Waals surface area (Å²) in [5.41, 5.74) is 13.2. The van der Waals surface area contributed by atoms with Crippen LogP contribution in [0.1, 0.15) is 154 Å². The average Bonchev–Trinajstić information content (AvgIpc) is 4.38. The van der Waals surface area contributed by atoms with Gasteiger partial charge >= 0.3 is 0 Å². The van der Waals surface area contributed by atoms with E-state index in [1.165, 1.54) is 219 Å². The standard InChI is InChI=1S/C60H68N8S8/c1-7-13-17-19-23-67-41-27-37(25-35(11-5)21-15-9-3)69-57(41)59-43(67)29-49(73-59)53-55-51(63-75-65-55)39(33-61-53)45-31-47-48(71-45)32-46(72-47)40-34-62-54(56-52(40)64-76-66-56)50-30-44-60(74-50)58-42(68(44)24-20-18-14-8-2)28-38(70-58)26-36(12-6)22-16-10-4/h27-36H,7-26H2,1-6H3. The summed E-state index contributed by atoms with van der Waals surface area (Å²) in [6, 6.07) is 14.5. The summed E-state index contributed by atoms with van der Waals surface area (Å²) >= 11 is 14.0. The predicted molar refractivity (Wildman–Crippen MR) is 339 cm³/mol. The van der Waals surface area contributed by atoms with Gasteiger partial charge in [-0.1, -0.05) is 131 Å². The fourth-order valence-electron chi connectivity index (χ4n) is 11.5. The average molecular weight is 1160 g/mol. The highest BCUT2D eigenvalue weighted by Gasteiger charge is 2.26. The lowest BCUT2D eigenvalue weighted by atomic mass is 9.95. The third-order valence-electron chi connectivity index (χ3n) is 15.9. The number of hydrogen-bond acceptors (Lipinski definition) is 14. The fraction of sp³-hybridized carbons (Fsp3) is 0.467. The zero-order valence-corrected chi connectivity index (χ0v) is 51.3. The summed E-state index contributed by atoms with van der Waals surface area (Å²) in [5.74, 6) is 1.51. The SMILES string of the molecule is CCCCCCn1c2cc(CC(CC)CCCC)sc2c2sc(-c3ncc(-c4cc5sc(-c6cnc(-c7cc8c(s7)c7sc(CC(CC)CCCC)cc7n8CCCCCC)c7nsnc67)cc5s4)c4nsnc34)cc21. The molecule has 0 bridgehead atoms. The van der Waals surface area contributed by atoms with Crippen LogP contribution in [0.3, 0.4) is 0 Å². The molecule has 0 N–H and O–H groups in total. The van der Waals surface area contributed by atoms with Crippen molar-refractivity contribution < 1.29 is 0 Å². The van der Waals surface area contributed by atoms with Crippen molar-refractivity contribution in [2.24, 2.45) is 11.8 Å². The van der Waals surface area contributed by atoms with E-state index >= 15 is 0 Å². The van der Waals surface area contributed by atoms with Crippen molar-refractivity contribution in [3.63, 3.8) is 0 Å². The number of nitrogens with zero attached hydrogens (tertiary/aromatic N) is 8. The van der Waals surface area contributed by atoms with Crippen molar-refractivity contribution in [2.75, 3.05) is 0 Å². The molecule has 0 fully saturated rings. The predicted octanol–water partition coefficient (Wildman–Crippen LogP) is 21.6. The van der Waals surface area contributed by atoms with Crippen molar-refractivity contribution in [2.45, 2.75) is 170 Å². The van der Waals surface area contributed by atoms with Crippen LogP contribution in [0.25, 0.3) is 114 Å². The molecule has 0 saturated carbocycles. The molecular formula is C60H68N8S8. The van der Waals surface area contributed by atoms with Gasteiger partial charge in [0.15, 0.2) is 0 Å². The first kappa shape index (κ1) is 52.7.